The van der Waals surface area contributed by atoms with E-state index in [9.17, 15) is 46.0 Å². The molecule has 6 fully saturated rings. The third-order valence-electron chi connectivity index (χ3n) is 16.5. The van der Waals surface area contributed by atoms with Crippen LogP contribution in [-0.2, 0) is 18.9 Å². The van der Waals surface area contributed by atoms with Gasteiger partial charge in [0.1, 0.15) is 42.7 Å². The molecule has 0 aromatic heterocycles. The van der Waals surface area contributed by atoms with Crippen molar-refractivity contribution in [3.05, 3.63) is 11.6 Å². The average Bonchev–Trinajstić information content (AvgIpc) is 3.49. The van der Waals surface area contributed by atoms with Crippen molar-refractivity contribution in [2.75, 3.05) is 6.61 Å². The van der Waals surface area contributed by atoms with Gasteiger partial charge in [0.2, 0.25) is 0 Å². The Labute approximate surface area is 327 Å². The smallest absolute Gasteiger partial charge is 0.187 e. The van der Waals surface area contributed by atoms with E-state index in [4.69, 9.17) is 18.9 Å². The lowest BCUT2D eigenvalue weighted by Crippen LogP contribution is -2.71. The van der Waals surface area contributed by atoms with Crippen LogP contribution in [0.4, 0.5) is 0 Å². The van der Waals surface area contributed by atoms with E-state index in [-0.39, 0.29) is 23.7 Å². The molecule has 13 nitrogen and oxygen atoms in total. The molecule has 0 amide bonds. The molecule has 0 aromatic rings. The van der Waals surface area contributed by atoms with E-state index in [0.717, 1.165) is 19.3 Å². The van der Waals surface area contributed by atoms with Gasteiger partial charge >= 0.3 is 0 Å². The highest BCUT2D eigenvalue weighted by atomic mass is 16.8. The van der Waals surface area contributed by atoms with Crippen LogP contribution in [-0.4, -0.2) is 138 Å². The maximum atomic E-state index is 12.3. The average molecular weight is 785 g/mol. The van der Waals surface area contributed by atoms with Gasteiger partial charge < -0.3 is 64.9 Å². The second-order valence-corrected chi connectivity index (χ2v) is 20.3. The molecule has 318 valence electrons. The highest BCUT2D eigenvalue weighted by molar-refractivity contribution is 5.22. The first-order chi connectivity index (χ1) is 25.5. The molecule has 55 heavy (non-hydrogen) atoms. The summed E-state index contributed by atoms with van der Waals surface area (Å²) < 4.78 is 25.1. The molecule has 6 rings (SSSR count). The summed E-state index contributed by atoms with van der Waals surface area (Å²) in [5.41, 5.74) is -1.71. The topological polar surface area (TPSA) is 219 Å². The van der Waals surface area contributed by atoms with E-state index in [0.29, 0.717) is 32.1 Å². The molecule has 0 aromatic carbocycles. The number of ether oxygens (including phenoxy) is 4. The fraction of sp³-hybridized carbons (Fsp3) is 0.952. The summed E-state index contributed by atoms with van der Waals surface area (Å²) in [5, 5.41) is 100. The molecule has 6 aliphatic rings. The Hall–Kier alpha value is -0.780. The number of fused-ring (bicyclic) bond motifs is 5. The van der Waals surface area contributed by atoms with Gasteiger partial charge in [-0.25, -0.2) is 0 Å². The predicted octanol–water partition coefficient (Wildman–Crippen LogP) is 2.15. The Kier molecular flexibility index (Phi) is 12.2. The molecule has 13 heteroatoms. The van der Waals surface area contributed by atoms with Gasteiger partial charge in [-0.2, -0.15) is 0 Å². The summed E-state index contributed by atoms with van der Waals surface area (Å²) in [4.78, 5) is 0. The Morgan fingerprint density at radius 3 is 2.13 bits per heavy atom. The van der Waals surface area contributed by atoms with Gasteiger partial charge in [-0.05, 0) is 124 Å². The maximum Gasteiger partial charge on any atom is 0.187 e. The van der Waals surface area contributed by atoms with Crippen LogP contribution in [0.5, 0.6) is 0 Å². The van der Waals surface area contributed by atoms with Crippen LogP contribution in [0.3, 0.4) is 0 Å². The molecule has 4 saturated carbocycles. The van der Waals surface area contributed by atoms with E-state index in [1.807, 2.05) is 20.8 Å². The first-order valence-corrected chi connectivity index (χ1v) is 20.8. The zero-order valence-corrected chi connectivity index (χ0v) is 34.4. The van der Waals surface area contributed by atoms with Gasteiger partial charge in [-0.3, -0.25) is 0 Å². The van der Waals surface area contributed by atoms with Gasteiger partial charge in [0.05, 0.1) is 36.6 Å². The quantitative estimate of drug-likeness (QED) is 0.121. The van der Waals surface area contributed by atoms with Gasteiger partial charge in [0.25, 0.3) is 0 Å². The first kappa shape index (κ1) is 43.8. The molecule has 2 saturated heterocycles. The van der Waals surface area contributed by atoms with Crippen molar-refractivity contribution >= 4 is 0 Å². The minimum atomic E-state index is -1.70. The van der Waals surface area contributed by atoms with Gasteiger partial charge in [0, 0.05) is 0 Å². The lowest BCUT2D eigenvalue weighted by Gasteiger charge is -2.72. The van der Waals surface area contributed by atoms with E-state index >= 15 is 0 Å². The summed E-state index contributed by atoms with van der Waals surface area (Å²) in [7, 11) is 0. The number of aliphatic hydroxyl groups is 9. The Morgan fingerprint density at radius 1 is 0.818 bits per heavy atom. The normalized spacial score (nSPS) is 53.4. The molecular formula is C42H72O13. The maximum absolute atomic E-state index is 12.3. The third-order valence-corrected chi connectivity index (χ3v) is 16.5. The number of aliphatic hydroxyl groups excluding tert-OH is 8. The Bertz CT molecular complexity index is 1390. The standard InChI is InChI=1S/C42H72O13/c1-20(2)11-10-14-42(9,51)22-12-16-40(7)28(22)23(44)17-26-39(6)15-13-27(45)38(4,5)35(39)24(18-41(26,40)8)53-37-34(32(49)30(47)25(19-43)54-37)55-36-33(50)31(48)29(46)21(3)52-36/h11,21-37,43-51H,10,12-19H2,1-9H3/t21-,22+,23?,24+,25+,26?,27?,28?,29-,30+,31+,32-,33+,34+,35?,36-,37+,39+,40-,41+,42+/m0/s1. The van der Waals surface area contributed by atoms with E-state index < -0.39 is 114 Å². The summed E-state index contributed by atoms with van der Waals surface area (Å²) >= 11 is 0. The van der Waals surface area contributed by atoms with Crippen molar-refractivity contribution in [2.45, 2.75) is 199 Å². The van der Waals surface area contributed by atoms with Crippen LogP contribution < -0.4 is 0 Å². The molecule has 2 heterocycles. The SMILES string of the molecule is CC(C)=CCC[C@@](C)(O)[C@@H]1CC[C@@]2(C)C1C(O)CC1[C@@]3(C)CCC(O)C(C)(C)C3[C@H](O[C@@H]3O[C@H](CO)[C@@H](O)[C@H](O)[C@H]3O[C@@H]3O[C@@H](C)[C@H](O)[C@@H](O)[C@H]3O)C[C@]12C. The van der Waals surface area contributed by atoms with Crippen LogP contribution in [0.15, 0.2) is 11.6 Å². The van der Waals surface area contributed by atoms with Crippen molar-refractivity contribution < 1.29 is 64.9 Å². The van der Waals surface area contributed by atoms with Gasteiger partial charge in [-0.1, -0.05) is 46.3 Å². The lowest BCUT2D eigenvalue weighted by molar-refractivity contribution is -0.382. The lowest BCUT2D eigenvalue weighted by atomic mass is 9.34. The molecule has 5 unspecified atom stereocenters. The highest BCUT2D eigenvalue weighted by Gasteiger charge is 2.73. The van der Waals surface area contributed by atoms with Gasteiger partial charge in [0.15, 0.2) is 12.6 Å². The van der Waals surface area contributed by atoms with E-state index in [1.54, 1.807) is 0 Å². The molecule has 4 aliphatic carbocycles. The van der Waals surface area contributed by atoms with Crippen molar-refractivity contribution in [1.82, 2.24) is 0 Å². The predicted molar refractivity (Wildman–Crippen MR) is 201 cm³/mol. The van der Waals surface area contributed by atoms with E-state index in [2.05, 4.69) is 40.7 Å². The largest absolute Gasteiger partial charge is 0.394 e. The van der Waals surface area contributed by atoms with Crippen LogP contribution in [0.25, 0.3) is 0 Å². The molecule has 0 radical (unpaired) electrons. The fourth-order valence-electron chi connectivity index (χ4n) is 13.3. The number of allylic oxidation sites excluding steroid dienone is 2. The zero-order valence-electron chi connectivity index (χ0n) is 34.4. The van der Waals surface area contributed by atoms with Crippen LogP contribution >= 0.6 is 0 Å². The van der Waals surface area contributed by atoms with Gasteiger partial charge in [-0.15, -0.1) is 0 Å². The molecule has 0 spiro atoms. The third kappa shape index (κ3) is 7.10. The van der Waals surface area contributed by atoms with Crippen LogP contribution in [0.1, 0.15) is 114 Å². The molecule has 2 aliphatic heterocycles. The minimum Gasteiger partial charge on any atom is -0.394 e. The highest BCUT2D eigenvalue weighted by Crippen LogP contribution is 2.76. The summed E-state index contributed by atoms with van der Waals surface area (Å²) in [5.74, 6) is -0.526. The second-order valence-electron chi connectivity index (χ2n) is 20.3. The van der Waals surface area contributed by atoms with Crippen molar-refractivity contribution in [1.29, 1.82) is 0 Å². The van der Waals surface area contributed by atoms with Crippen LogP contribution in [0, 0.1) is 45.3 Å². The summed E-state index contributed by atoms with van der Waals surface area (Å²) in [6.45, 7) is 17.8. The summed E-state index contributed by atoms with van der Waals surface area (Å²) in [6.07, 6.45) is -8.99. The monoisotopic (exact) mass is 784 g/mol. The Balaban J connectivity index is 1.38. The second kappa shape index (κ2) is 15.4. The van der Waals surface area contributed by atoms with Crippen molar-refractivity contribution in [2.24, 2.45) is 45.3 Å². The Morgan fingerprint density at radius 2 is 1.49 bits per heavy atom. The molecule has 21 atom stereocenters. The number of hydrogen-bond acceptors (Lipinski definition) is 13. The molecule has 0 bridgehead atoms. The number of hydrogen-bond donors (Lipinski definition) is 9. The number of rotatable bonds is 9. The summed E-state index contributed by atoms with van der Waals surface area (Å²) in [6, 6.07) is 0. The van der Waals surface area contributed by atoms with Crippen LogP contribution in [0.2, 0.25) is 0 Å². The fourth-order valence-corrected chi connectivity index (χ4v) is 13.3. The minimum absolute atomic E-state index is 0.0411. The zero-order chi connectivity index (χ0) is 40.8. The van der Waals surface area contributed by atoms with Crippen molar-refractivity contribution in [3.8, 4) is 0 Å². The van der Waals surface area contributed by atoms with Crippen molar-refractivity contribution in [3.63, 3.8) is 0 Å². The molecular weight excluding hydrogens is 712 g/mol. The molecule has 9 N–H and O–H groups in total. The first-order valence-electron chi connectivity index (χ1n) is 20.8. The van der Waals surface area contributed by atoms with E-state index in [1.165, 1.54) is 12.5 Å².